The van der Waals surface area contributed by atoms with Crippen LogP contribution in [-0.2, 0) is 13.1 Å². The number of H-pyrrole nitrogens is 1. The number of aromatic nitrogens is 4. The number of rotatable bonds is 4. The third-order valence-electron chi connectivity index (χ3n) is 5.96. The Morgan fingerprint density at radius 3 is 2.65 bits per heavy atom. The molecule has 3 heterocycles. The summed E-state index contributed by atoms with van der Waals surface area (Å²) < 4.78 is 0. The van der Waals surface area contributed by atoms with Crippen molar-refractivity contribution >= 4 is 28.5 Å². The molecule has 7 nitrogen and oxygen atoms in total. The van der Waals surface area contributed by atoms with Crippen LogP contribution in [0.15, 0.2) is 54.7 Å². The highest BCUT2D eigenvalue weighted by atomic mass is 15.3. The molecule has 2 aromatic heterocycles. The van der Waals surface area contributed by atoms with E-state index in [0.29, 0.717) is 11.6 Å². The summed E-state index contributed by atoms with van der Waals surface area (Å²) in [6.45, 7) is 7.80. The first-order chi connectivity index (χ1) is 15.1. The molecule has 0 radical (unpaired) electrons. The van der Waals surface area contributed by atoms with Gasteiger partial charge in [-0.25, -0.2) is 0 Å². The zero-order chi connectivity index (χ0) is 21.4. The maximum atomic E-state index is 5.98. The first kappa shape index (κ1) is 19.4. The molecular weight excluding hydrogens is 386 g/mol. The zero-order valence-corrected chi connectivity index (χ0v) is 17.9. The number of fused-ring (bicyclic) bond motifs is 2. The first-order valence-electron chi connectivity index (χ1n) is 10.7. The van der Waals surface area contributed by atoms with Gasteiger partial charge in [0.15, 0.2) is 5.65 Å². The molecule has 0 fully saturated rings. The van der Waals surface area contributed by atoms with Gasteiger partial charge in [0.1, 0.15) is 5.82 Å². The molecule has 7 heteroatoms. The third-order valence-corrected chi connectivity index (χ3v) is 5.96. The molecule has 2 aromatic carbocycles. The van der Waals surface area contributed by atoms with Crippen LogP contribution < -0.4 is 15.5 Å². The molecule has 0 unspecified atom stereocenters. The minimum atomic E-state index is 0.256. The normalized spacial score (nSPS) is 14.2. The van der Waals surface area contributed by atoms with Crippen LogP contribution in [0.2, 0.25) is 0 Å². The van der Waals surface area contributed by atoms with Gasteiger partial charge in [-0.1, -0.05) is 56.3 Å². The number of aromatic amines is 1. The maximum Gasteiger partial charge on any atom is 0.224 e. The van der Waals surface area contributed by atoms with Crippen molar-refractivity contribution in [1.29, 1.82) is 0 Å². The Morgan fingerprint density at radius 2 is 1.84 bits per heavy atom. The Balaban J connectivity index is 1.46. The van der Waals surface area contributed by atoms with Gasteiger partial charge in [0.05, 0.1) is 11.6 Å². The number of hydrogen-bond donors (Lipinski definition) is 2. The predicted octanol–water partition coefficient (Wildman–Crippen LogP) is 4.09. The van der Waals surface area contributed by atoms with Gasteiger partial charge in [-0.15, -0.1) is 0 Å². The van der Waals surface area contributed by atoms with Crippen molar-refractivity contribution in [3.8, 4) is 0 Å². The predicted molar refractivity (Wildman–Crippen MR) is 125 cm³/mol. The first-order valence-corrected chi connectivity index (χ1v) is 10.7. The molecule has 5 rings (SSSR count). The molecule has 1 aliphatic rings. The van der Waals surface area contributed by atoms with Crippen molar-refractivity contribution in [2.75, 3.05) is 28.6 Å². The molecular formula is C24H27N7. The molecule has 0 saturated carbocycles. The van der Waals surface area contributed by atoms with Gasteiger partial charge in [0.2, 0.25) is 5.95 Å². The van der Waals surface area contributed by atoms with E-state index in [1.165, 1.54) is 22.4 Å². The molecule has 31 heavy (non-hydrogen) atoms. The van der Waals surface area contributed by atoms with Crippen LogP contribution in [0.4, 0.5) is 17.5 Å². The topological polar surface area (TPSA) is 87.0 Å². The molecule has 0 atom stereocenters. The number of nitrogen functional groups attached to an aromatic ring is 1. The molecule has 0 spiro atoms. The molecule has 1 aliphatic heterocycles. The van der Waals surface area contributed by atoms with Crippen molar-refractivity contribution < 1.29 is 0 Å². The summed E-state index contributed by atoms with van der Waals surface area (Å²) in [6.07, 6.45) is 1.77. The van der Waals surface area contributed by atoms with E-state index in [1.54, 1.807) is 6.20 Å². The number of nitrogens with zero attached hydrogens (tertiary/aromatic N) is 5. The Bertz CT molecular complexity index is 1200. The number of para-hydroxylation sites is 1. The smallest absolute Gasteiger partial charge is 0.224 e. The number of hydrogen-bond acceptors (Lipinski definition) is 6. The van der Waals surface area contributed by atoms with E-state index in [9.17, 15) is 0 Å². The Labute approximate surface area is 181 Å². The third kappa shape index (κ3) is 3.79. The fourth-order valence-corrected chi connectivity index (χ4v) is 4.25. The number of anilines is 3. The molecule has 158 valence electrons. The lowest BCUT2D eigenvalue weighted by Crippen LogP contribution is -2.31. The largest absolute Gasteiger partial charge is 0.368 e. The molecule has 0 amide bonds. The van der Waals surface area contributed by atoms with E-state index >= 15 is 0 Å². The summed E-state index contributed by atoms with van der Waals surface area (Å²) in [5.41, 5.74) is 11.9. The van der Waals surface area contributed by atoms with Crippen molar-refractivity contribution in [3.63, 3.8) is 0 Å². The Hall–Kier alpha value is -3.61. The van der Waals surface area contributed by atoms with Crippen LogP contribution in [0.5, 0.6) is 0 Å². The minimum absolute atomic E-state index is 0.256. The lowest BCUT2D eigenvalue weighted by Gasteiger charge is -2.25. The Kier molecular flexibility index (Phi) is 4.94. The van der Waals surface area contributed by atoms with Crippen LogP contribution in [0.3, 0.4) is 0 Å². The van der Waals surface area contributed by atoms with E-state index < -0.39 is 0 Å². The van der Waals surface area contributed by atoms with E-state index in [-0.39, 0.29) is 5.95 Å². The van der Waals surface area contributed by atoms with Crippen LogP contribution in [0.1, 0.15) is 36.5 Å². The SMILES string of the molecule is CC(C)c1ccc(CN2CCN(c3nc(N)nc4[nH]ncc34)Cc3ccccc32)cc1. The van der Waals surface area contributed by atoms with Crippen LogP contribution in [-0.4, -0.2) is 33.3 Å². The van der Waals surface area contributed by atoms with Gasteiger partial charge in [0.25, 0.3) is 0 Å². The standard InChI is InChI=1S/C24H27N7/c1-16(2)18-9-7-17(8-10-18)14-30-11-12-31(15-19-5-3-4-6-21(19)30)23-20-13-26-29-22(20)27-24(25)28-23/h3-10,13,16H,11-12,14-15H2,1-2H3,(H3,25,26,27,28,29). The van der Waals surface area contributed by atoms with Crippen LogP contribution >= 0.6 is 0 Å². The molecule has 4 aromatic rings. The van der Waals surface area contributed by atoms with E-state index in [0.717, 1.165) is 37.4 Å². The Morgan fingerprint density at radius 1 is 1.03 bits per heavy atom. The highest BCUT2D eigenvalue weighted by Crippen LogP contribution is 2.31. The number of nitrogens with two attached hydrogens (primary N) is 1. The quantitative estimate of drug-likeness (QED) is 0.524. The summed E-state index contributed by atoms with van der Waals surface area (Å²) in [6, 6.07) is 17.6. The lowest BCUT2D eigenvalue weighted by molar-refractivity contribution is 0.751. The summed E-state index contributed by atoms with van der Waals surface area (Å²) >= 11 is 0. The van der Waals surface area contributed by atoms with E-state index in [1.807, 2.05) is 0 Å². The highest BCUT2D eigenvalue weighted by Gasteiger charge is 2.23. The van der Waals surface area contributed by atoms with E-state index in [4.69, 9.17) is 5.73 Å². The molecule has 0 aliphatic carbocycles. The summed E-state index contributed by atoms with van der Waals surface area (Å²) in [5.74, 6) is 1.63. The van der Waals surface area contributed by atoms with Crippen molar-refractivity contribution in [1.82, 2.24) is 20.2 Å². The van der Waals surface area contributed by atoms with Gasteiger partial charge < -0.3 is 15.5 Å². The second-order valence-electron chi connectivity index (χ2n) is 8.41. The molecule has 0 bridgehead atoms. The molecule has 0 saturated heterocycles. The number of nitrogens with one attached hydrogen (secondary N) is 1. The van der Waals surface area contributed by atoms with Crippen LogP contribution in [0, 0.1) is 0 Å². The van der Waals surface area contributed by atoms with Gasteiger partial charge >= 0.3 is 0 Å². The van der Waals surface area contributed by atoms with Crippen LogP contribution in [0.25, 0.3) is 11.0 Å². The van der Waals surface area contributed by atoms with Gasteiger partial charge in [0, 0.05) is 31.9 Å². The zero-order valence-electron chi connectivity index (χ0n) is 17.9. The van der Waals surface area contributed by atoms with Gasteiger partial charge in [-0.2, -0.15) is 15.1 Å². The highest BCUT2D eigenvalue weighted by molar-refractivity contribution is 5.87. The fraction of sp³-hybridized carbons (Fsp3) is 0.292. The van der Waals surface area contributed by atoms with Gasteiger partial charge in [-0.05, 0) is 28.7 Å². The average Bonchev–Trinajstić information content (AvgIpc) is 3.16. The number of benzene rings is 2. The summed E-state index contributed by atoms with van der Waals surface area (Å²) in [7, 11) is 0. The lowest BCUT2D eigenvalue weighted by atomic mass is 10.0. The average molecular weight is 414 g/mol. The maximum absolute atomic E-state index is 5.98. The fourth-order valence-electron chi connectivity index (χ4n) is 4.25. The van der Waals surface area contributed by atoms with Crippen molar-refractivity contribution in [2.45, 2.75) is 32.9 Å². The van der Waals surface area contributed by atoms with Crippen molar-refractivity contribution in [3.05, 3.63) is 71.4 Å². The summed E-state index contributed by atoms with van der Waals surface area (Å²) in [4.78, 5) is 13.6. The second kappa shape index (κ2) is 7.91. The second-order valence-corrected chi connectivity index (χ2v) is 8.41. The van der Waals surface area contributed by atoms with Crippen molar-refractivity contribution in [2.24, 2.45) is 0 Å². The molecule has 3 N–H and O–H groups in total. The monoisotopic (exact) mass is 413 g/mol. The van der Waals surface area contributed by atoms with Gasteiger partial charge in [-0.3, -0.25) is 5.10 Å². The summed E-state index contributed by atoms with van der Waals surface area (Å²) in [5, 5.41) is 7.94. The minimum Gasteiger partial charge on any atom is -0.368 e. The van der Waals surface area contributed by atoms with E-state index in [2.05, 4.69) is 92.3 Å².